The summed E-state index contributed by atoms with van der Waals surface area (Å²) in [4.78, 5) is 12.3. The SMILES string of the molecule is NCc1cc(Cl)ccc1NC1CCN(C(=O)O)CC1. The first-order valence-electron chi connectivity index (χ1n) is 6.33. The van der Waals surface area contributed by atoms with Crippen LogP contribution >= 0.6 is 11.6 Å². The topological polar surface area (TPSA) is 78.6 Å². The van der Waals surface area contributed by atoms with E-state index in [1.807, 2.05) is 18.2 Å². The number of nitrogens with two attached hydrogens (primary N) is 1. The van der Waals surface area contributed by atoms with Gasteiger partial charge in [0.05, 0.1) is 0 Å². The summed E-state index contributed by atoms with van der Waals surface area (Å²) in [5.41, 5.74) is 7.67. The van der Waals surface area contributed by atoms with Gasteiger partial charge in [0, 0.05) is 36.4 Å². The number of anilines is 1. The maximum atomic E-state index is 10.8. The molecule has 2 rings (SSSR count). The Morgan fingerprint density at radius 1 is 1.47 bits per heavy atom. The molecule has 0 radical (unpaired) electrons. The van der Waals surface area contributed by atoms with Crippen LogP contribution in [0.5, 0.6) is 0 Å². The zero-order chi connectivity index (χ0) is 13.8. The quantitative estimate of drug-likeness (QED) is 0.796. The molecule has 1 aromatic rings. The number of hydrogen-bond acceptors (Lipinski definition) is 3. The molecule has 1 heterocycles. The lowest BCUT2D eigenvalue weighted by molar-refractivity contribution is 0.134. The molecule has 6 heteroatoms. The molecule has 5 nitrogen and oxygen atoms in total. The van der Waals surface area contributed by atoms with Crippen LogP contribution in [-0.2, 0) is 6.54 Å². The highest BCUT2D eigenvalue weighted by Crippen LogP contribution is 2.23. The highest BCUT2D eigenvalue weighted by Gasteiger charge is 2.22. The highest BCUT2D eigenvalue weighted by molar-refractivity contribution is 6.30. The molecule has 1 fully saturated rings. The number of rotatable bonds is 3. The largest absolute Gasteiger partial charge is 0.465 e. The molecule has 1 aliphatic rings. The average molecular weight is 284 g/mol. The third-order valence-electron chi connectivity index (χ3n) is 3.41. The summed E-state index contributed by atoms with van der Waals surface area (Å²) < 4.78 is 0. The van der Waals surface area contributed by atoms with Crippen molar-refractivity contribution in [2.45, 2.75) is 25.4 Å². The molecule has 1 saturated heterocycles. The molecular weight excluding hydrogens is 266 g/mol. The molecule has 0 unspecified atom stereocenters. The van der Waals surface area contributed by atoms with Crippen LogP contribution in [0, 0.1) is 0 Å². The van der Waals surface area contributed by atoms with Crippen molar-refractivity contribution in [1.82, 2.24) is 4.90 Å². The van der Waals surface area contributed by atoms with Gasteiger partial charge in [-0.2, -0.15) is 0 Å². The molecule has 0 aliphatic carbocycles. The molecule has 4 N–H and O–H groups in total. The van der Waals surface area contributed by atoms with Crippen LogP contribution in [-0.4, -0.2) is 35.2 Å². The monoisotopic (exact) mass is 283 g/mol. The van der Waals surface area contributed by atoms with E-state index < -0.39 is 6.09 Å². The van der Waals surface area contributed by atoms with E-state index in [1.54, 1.807) is 0 Å². The van der Waals surface area contributed by atoms with Gasteiger partial charge in [-0.05, 0) is 36.6 Å². The second kappa shape index (κ2) is 6.12. The molecule has 0 bridgehead atoms. The minimum atomic E-state index is -0.840. The maximum Gasteiger partial charge on any atom is 0.407 e. The lowest BCUT2D eigenvalue weighted by Gasteiger charge is -2.31. The van der Waals surface area contributed by atoms with E-state index in [2.05, 4.69) is 5.32 Å². The molecule has 1 aliphatic heterocycles. The Bertz CT molecular complexity index is 459. The van der Waals surface area contributed by atoms with Gasteiger partial charge < -0.3 is 21.1 Å². The second-order valence-corrected chi connectivity index (χ2v) is 5.13. The minimum absolute atomic E-state index is 0.280. The minimum Gasteiger partial charge on any atom is -0.465 e. The number of halogens is 1. The summed E-state index contributed by atoms with van der Waals surface area (Å²) in [6, 6.07) is 5.89. The number of nitrogens with zero attached hydrogens (tertiary/aromatic N) is 1. The van der Waals surface area contributed by atoms with Gasteiger partial charge in [0.15, 0.2) is 0 Å². The molecule has 0 saturated carbocycles. The van der Waals surface area contributed by atoms with Crippen LogP contribution in [0.15, 0.2) is 18.2 Å². The fourth-order valence-electron chi connectivity index (χ4n) is 2.31. The summed E-state index contributed by atoms with van der Waals surface area (Å²) in [5.74, 6) is 0. The molecule has 1 aromatic carbocycles. The molecule has 0 aromatic heterocycles. The van der Waals surface area contributed by atoms with E-state index in [4.69, 9.17) is 22.4 Å². The van der Waals surface area contributed by atoms with Crippen molar-refractivity contribution in [2.24, 2.45) is 5.73 Å². The van der Waals surface area contributed by atoms with Gasteiger partial charge in [-0.15, -0.1) is 0 Å². The van der Waals surface area contributed by atoms with Crippen molar-refractivity contribution < 1.29 is 9.90 Å². The van der Waals surface area contributed by atoms with E-state index in [-0.39, 0.29) is 6.04 Å². The predicted molar refractivity (Wildman–Crippen MR) is 75.6 cm³/mol. The Balaban J connectivity index is 1.97. The van der Waals surface area contributed by atoms with Crippen LogP contribution in [0.1, 0.15) is 18.4 Å². The lowest BCUT2D eigenvalue weighted by Crippen LogP contribution is -2.41. The third-order valence-corrected chi connectivity index (χ3v) is 3.65. The zero-order valence-corrected chi connectivity index (χ0v) is 11.4. The van der Waals surface area contributed by atoms with Crippen LogP contribution in [0.4, 0.5) is 10.5 Å². The first-order chi connectivity index (χ1) is 9.10. The van der Waals surface area contributed by atoms with E-state index in [0.29, 0.717) is 24.7 Å². The Morgan fingerprint density at radius 2 is 2.16 bits per heavy atom. The summed E-state index contributed by atoms with van der Waals surface area (Å²) in [7, 11) is 0. The van der Waals surface area contributed by atoms with Gasteiger partial charge in [-0.1, -0.05) is 11.6 Å². The van der Waals surface area contributed by atoms with Gasteiger partial charge >= 0.3 is 6.09 Å². The van der Waals surface area contributed by atoms with Crippen LogP contribution in [0.2, 0.25) is 5.02 Å². The van der Waals surface area contributed by atoms with E-state index >= 15 is 0 Å². The first-order valence-corrected chi connectivity index (χ1v) is 6.71. The second-order valence-electron chi connectivity index (χ2n) is 4.69. The summed E-state index contributed by atoms with van der Waals surface area (Å²) >= 11 is 5.94. The van der Waals surface area contributed by atoms with Gasteiger partial charge in [0.2, 0.25) is 0 Å². The van der Waals surface area contributed by atoms with Gasteiger partial charge in [0.25, 0.3) is 0 Å². The molecule has 1 amide bonds. The van der Waals surface area contributed by atoms with Crippen molar-refractivity contribution >= 4 is 23.4 Å². The van der Waals surface area contributed by atoms with Crippen molar-refractivity contribution in [3.63, 3.8) is 0 Å². The fourth-order valence-corrected chi connectivity index (χ4v) is 2.50. The van der Waals surface area contributed by atoms with E-state index in [9.17, 15) is 4.79 Å². The number of carbonyl (C=O) groups is 1. The number of piperidine rings is 1. The predicted octanol–water partition coefficient (Wildman–Crippen LogP) is 2.35. The summed E-state index contributed by atoms with van der Waals surface area (Å²) in [6.07, 6.45) is 0.769. The van der Waals surface area contributed by atoms with Gasteiger partial charge in [-0.25, -0.2) is 4.79 Å². The van der Waals surface area contributed by atoms with Crippen LogP contribution < -0.4 is 11.1 Å². The summed E-state index contributed by atoms with van der Waals surface area (Å²) in [6.45, 7) is 1.56. The van der Waals surface area contributed by atoms with Crippen molar-refractivity contribution in [3.8, 4) is 0 Å². The number of carboxylic acid groups (broad SMARTS) is 1. The average Bonchev–Trinajstić information content (AvgIpc) is 2.41. The van der Waals surface area contributed by atoms with Crippen molar-refractivity contribution in [1.29, 1.82) is 0 Å². The molecule has 19 heavy (non-hydrogen) atoms. The fraction of sp³-hybridized carbons (Fsp3) is 0.462. The number of hydrogen-bond donors (Lipinski definition) is 3. The zero-order valence-electron chi connectivity index (χ0n) is 10.6. The molecule has 0 spiro atoms. The number of benzene rings is 1. The van der Waals surface area contributed by atoms with E-state index in [0.717, 1.165) is 24.1 Å². The Morgan fingerprint density at radius 3 is 2.74 bits per heavy atom. The highest BCUT2D eigenvalue weighted by atomic mass is 35.5. The Hall–Kier alpha value is -1.46. The van der Waals surface area contributed by atoms with Gasteiger partial charge in [0.1, 0.15) is 0 Å². The Labute approximate surface area is 117 Å². The molecule has 0 atom stereocenters. The number of amides is 1. The third kappa shape index (κ3) is 3.52. The van der Waals surface area contributed by atoms with Crippen LogP contribution in [0.25, 0.3) is 0 Å². The number of likely N-dealkylation sites (tertiary alicyclic amines) is 1. The number of nitrogens with one attached hydrogen (secondary N) is 1. The summed E-state index contributed by atoms with van der Waals surface area (Å²) in [5, 5.41) is 13.0. The lowest BCUT2D eigenvalue weighted by atomic mass is 10.0. The molecular formula is C13H18ClN3O2. The standard InChI is InChI=1S/C13H18ClN3O2/c14-10-1-2-12(9(7-10)8-15)16-11-3-5-17(6-4-11)13(18)19/h1-2,7,11,16H,3-6,8,15H2,(H,18,19). The smallest absolute Gasteiger partial charge is 0.407 e. The first kappa shape index (κ1) is 14.0. The van der Waals surface area contributed by atoms with Gasteiger partial charge in [-0.3, -0.25) is 0 Å². The normalized spacial score (nSPS) is 16.4. The van der Waals surface area contributed by atoms with E-state index in [1.165, 1.54) is 4.90 Å². The molecule has 104 valence electrons. The van der Waals surface area contributed by atoms with Crippen molar-refractivity contribution in [3.05, 3.63) is 28.8 Å². The van der Waals surface area contributed by atoms with Crippen molar-refractivity contribution in [2.75, 3.05) is 18.4 Å². The van der Waals surface area contributed by atoms with Crippen LogP contribution in [0.3, 0.4) is 0 Å². The Kier molecular flexibility index (Phi) is 4.50. The maximum absolute atomic E-state index is 10.8.